The van der Waals surface area contributed by atoms with Crippen molar-refractivity contribution in [3.8, 4) is 5.75 Å². The molecule has 0 bridgehead atoms. The third-order valence-electron chi connectivity index (χ3n) is 7.33. The van der Waals surface area contributed by atoms with Crippen LogP contribution in [0.5, 0.6) is 5.75 Å². The molecule has 41 heavy (non-hydrogen) atoms. The van der Waals surface area contributed by atoms with Crippen LogP contribution in [0.25, 0.3) is 0 Å². The number of halogens is 1. The van der Waals surface area contributed by atoms with Crippen molar-refractivity contribution in [3.63, 3.8) is 0 Å². The van der Waals surface area contributed by atoms with E-state index in [9.17, 15) is 23.6 Å². The van der Waals surface area contributed by atoms with Crippen LogP contribution in [0, 0.1) is 18.7 Å². The standard InChI is InChI=1S/C30H24FN3O5S2/c1-16-7-3-5-9-20(16)32-22(35)15-33-29-26(41-30(33)38)23(19-8-4-6-10-21(19)39-2)24-25(40-29)28(37)34(27(24)36)18-13-11-17(31)12-14-18/h3-14,23-25H,15H2,1-2H3,(H,32,35)/t23-,24-,25+/m0/s1. The van der Waals surface area contributed by atoms with Crippen molar-refractivity contribution in [3.05, 3.63) is 104 Å². The number of aromatic nitrogens is 1. The number of carbonyl (C=O) groups is 3. The number of hydrogen-bond donors (Lipinski definition) is 1. The summed E-state index contributed by atoms with van der Waals surface area (Å²) in [6.07, 6.45) is 0. The zero-order chi connectivity index (χ0) is 28.8. The van der Waals surface area contributed by atoms with Gasteiger partial charge in [-0.1, -0.05) is 59.5 Å². The summed E-state index contributed by atoms with van der Waals surface area (Å²) >= 11 is 2.08. The van der Waals surface area contributed by atoms with E-state index in [1.807, 2.05) is 37.3 Å². The number of ether oxygens (including phenoxy) is 1. The van der Waals surface area contributed by atoms with Crippen LogP contribution in [-0.2, 0) is 20.9 Å². The average molecular weight is 590 g/mol. The van der Waals surface area contributed by atoms with Crippen LogP contribution in [0.1, 0.15) is 21.9 Å². The number of rotatable bonds is 6. The third kappa shape index (κ3) is 4.64. The van der Waals surface area contributed by atoms with E-state index in [0.717, 1.165) is 33.6 Å². The Morgan fingerprint density at radius 3 is 2.41 bits per heavy atom. The number of thioether (sulfide) groups is 1. The van der Waals surface area contributed by atoms with Gasteiger partial charge in [0.1, 0.15) is 23.4 Å². The number of fused-ring (bicyclic) bond motifs is 2. The van der Waals surface area contributed by atoms with Crippen LogP contribution >= 0.6 is 23.1 Å². The summed E-state index contributed by atoms with van der Waals surface area (Å²) in [5.41, 5.74) is 2.45. The fourth-order valence-corrected chi connectivity index (χ4v) is 8.17. The minimum absolute atomic E-state index is 0.258. The van der Waals surface area contributed by atoms with Gasteiger partial charge in [-0.05, 0) is 48.9 Å². The predicted octanol–water partition coefficient (Wildman–Crippen LogP) is 4.80. The highest BCUT2D eigenvalue weighted by atomic mass is 32.2. The molecule has 0 radical (unpaired) electrons. The van der Waals surface area contributed by atoms with Crippen molar-refractivity contribution in [1.29, 1.82) is 0 Å². The number of anilines is 2. The Balaban J connectivity index is 1.44. The number of methoxy groups -OCH3 is 1. The van der Waals surface area contributed by atoms with Crippen LogP contribution in [0.4, 0.5) is 15.8 Å². The van der Waals surface area contributed by atoms with E-state index in [4.69, 9.17) is 4.74 Å². The smallest absolute Gasteiger partial charge is 0.308 e. The van der Waals surface area contributed by atoms with Gasteiger partial charge in [0, 0.05) is 22.0 Å². The molecule has 0 saturated carbocycles. The molecule has 1 saturated heterocycles. The number of benzene rings is 3. The number of imide groups is 1. The van der Waals surface area contributed by atoms with E-state index in [1.54, 1.807) is 18.2 Å². The number of aryl methyl sites for hydroxylation is 1. The van der Waals surface area contributed by atoms with Crippen LogP contribution in [0.3, 0.4) is 0 Å². The van der Waals surface area contributed by atoms with Crippen molar-refractivity contribution in [2.75, 3.05) is 17.3 Å². The number of nitrogens with zero attached hydrogens (tertiary/aromatic N) is 2. The molecule has 1 fully saturated rings. The molecular formula is C30H24FN3O5S2. The highest BCUT2D eigenvalue weighted by Gasteiger charge is 2.57. The molecule has 2 aliphatic heterocycles. The minimum atomic E-state index is -0.866. The number of hydrogen-bond acceptors (Lipinski definition) is 7. The minimum Gasteiger partial charge on any atom is -0.496 e. The van der Waals surface area contributed by atoms with Crippen molar-refractivity contribution in [2.24, 2.45) is 5.92 Å². The van der Waals surface area contributed by atoms with Gasteiger partial charge in [-0.3, -0.25) is 23.7 Å². The lowest BCUT2D eigenvalue weighted by Crippen LogP contribution is -2.33. The highest BCUT2D eigenvalue weighted by molar-refractivity contribution is 8.00. The first-order chi connectivity index (χ1) is 19.8. The van der Waals surface area contributed by atoms with Gasteiger partial charge in [0.25, 0.3) is 0 Å². The summed E-state index contributed by atoms with van der Waals surface area (Å²) in [7, 11) is 1.52. The molecule has 0 aliphatic carbocycles. The Kier molecular flexibility index (Phi) is 7.00. The molecule has 1 N–H and O–H groups in total. The quantitative estimate of drug-likeness (QED) is 0.325. The Morgan fingerprint density at radius 2 is 1.68 bits per heavy atom. The third-order valence-corrected chi connectivity index (χ3v) is 9.93. The summed E-state index contributed by atoms with van der Waals surface area (Å²) in [6.45, 7) is 1.61. The number of carbonyl (C=O) groups excluding carboxylic acids is 3. The van der Waals surface area contributed by atoms with Crippen LogP contribution in [0.2, 0.25) is 0 Å². The molecule has 208 valence electrons. The lowest BCUT2D eigenvalue weighted by molar-refractivity contribution is -0.122. The second-order valence-electron chi connectivity index (χ2n) is 9.76. The number of thiazole rings is 1. The van der Waals surface area contributed by atoms with Gasteiger partial charge in [-0.25, -0.2) is 9.29 Å². The van der Waals surface area contributed by atoms with Crippen molar-refractivity contribution in [2.45, 2.75) is 29.7 Å². The average Bonchev–Trinajstić information content (AvgIpc) is 3.41. The van der Waals surface area contributed by atoms with E-state index in [1.165, 1.54) is 35.9 Å². The topological polar surface area (TPSA) is 97.7 Å². The van der Waals surface area contributed by atoms with Gasteiger partial charge in [0.2, 0.25) is 17.7 Å². The van der Waals surface area contributed by atoms with E-state index in [2.05, 4.69) is 5.32 Å². The molecule has 2 aliphatic rings. The molecule has 6 rings (SSSR count). The maximum absolute atomic E-state index is 13.9. The molecule has 0 spiro atoms. The van der Waals surface area contributed by atoms with Crippen molar-refractivity contribution < 1.29 is 23.5 Å². The largest absolute Gasteiger partial charge is 0.496 e. The molecule has 3 heterocycles. The monoisotopic (exact) mass is 589 g/mol. The number of nitrogens with one attached hydrogen (secondary N) is 1. The summed E-state index contributed by atoms with van der Waals surface area (Å²) < 4.78 is 20.6. The second-order valence-corrected chi connectivity index (χ2v) is 11.9. The second kappa shape index (κ2) is 10.6. The molecule has 1 aromatic heterocycles. The molecule has 4 aromatic rings. The summed E-state index contributed by atoms with van der Waals surface area (Å²) in [5, 5.41) is 2.46. The van der Waals surface area contributed by atoms with Gasteiger partial charge in [0.15, 0.2) is 0 Å². The first kappa shape index (κ1) is 27.0. The Morgan fingerprint density at radius 1 is 0.976 bits per heavy atom. The van der Waals surface area contributed by atoms with E-state index < -0.39 is 34.7 Å². The Hall–Kier alpha value is -4.22. The Bertz CT molecular complexity index is 1750. The first-order valence-electron chi connectivity index (χ1n) is 12.8. The highest BCUT2D eigenvalue weighted by Crippen LogP contribution is 2.55. The molecule has 3 atom stereocenters. The molecule has 11 heteroatoms. The van der Waals surface area contributed by atoms with Gasteiger partial charge in [0.05, 0.1) is 23.7 Å². The lowest BCUT2D eigenvalue weighted by atomic mass is 9.82. The van der Waals surface area contributed by atoms with Crippen molar-refractivity contribution in [1.82, 2.24) is 4.57 Å². The molecule has 8 nitrogen and oxygen atoms in total. The van der Waals surface area contributed by atoms with Crippen LogP contribution in [-0.4, -0.2) is 34.6 Å². The Labute approximate surface area is 242 Å². The number of amides is 3. The van der Waals surface area contributed by atoms with E-state index in [0.29, 0.717) is 26.9 Å². The fourth-order valence-electron chi connectivity index (χ4n) is 5.40. The molecular weight excluding hydrogens is 565 g/mol. The molecule has 3 aromatic carbocycles. The normalized spacial score (nSPS) is 19.6. The lowest BCUT2D eigenvalue weighted by Gasteiger charge is -2.31. The summed E-state index contributed by atoms with van der Waals surface area (Å²) in [6, 6.07) is 19.7. The molecule has 0 unspecified atom stereocenters. The maximum Gasteiger partial charge on any atom is 0.308 e. The van der Waals surface area contributed by atoms with Crippen LogP contribution < -0.4 is 19.8 Å². The van der Waals surface area contributed by atoms with E-state index in [-0.39, 0.29) is 23.0 Å². The SMILES string of the molecule is COc1ccccc1[C@@H]1c2sc(=O)n(CC(=O)Nc3ccccc3C)c2S[C@H]2C(=O)N(c3ccc(F)cc3)C(=O)[C@@H]12. The van der Waals surface area contributed by atoms with Gasteiger partial charge < -0.3 is 10.1 Å². The maximum atomic E-state index is 13.9. The van der Waals surface area contributed by atoms with Crippen LogP contribution in [0.15, 0.2) is 82.6 Å². The van der Waals surface area contributed by atoms with Gasteiger partial charge in [-0.15, -0.1) is 0 Å². The summed E-state index contributed by atoms with van der Waals surface area (Å²) in [5.74, 6) is -2.77. The predicted molar refractivity (Wildman–Crippen MR) is 155 cm³/mol. The van der Waals surface area contributed by atoms with Gasteiger partial charge >= 0.3 is 4.87 Å². The van der Waals surface area contributed by atoms with E-state index >= 15 is 0 Å². The first-order valence-corrected chi connectivity index (χ1v) is 14.5. The summed E-state index contributed by atoms with van der Waals surface area (Å²) in [4.78, 5) is 55.5. The molecule has 3 amide bonds. The van der Waals surface area contributed by atoms with Gasteiger partial charge in [-0.2, -0.15) is 0 Å². The fraction of sp³-hybridized carbons (Fsp3) is 0.200. The zero-order valence-electron chi connectivity index (χ0n) is 22.0. The van der Waals surface area contributed by atoms with Crippen molar-refractivity contribution >= 4 is 52.2 Å². The zero-order valence-corrected chi connectivity index (χ0v) is 23.6. The number of para-hydroxylation sites is 2.